The first-order valence-electron chi connectivity index (χ1n) is 5.49. The van der Waals surface area contributed by atoms with Gasteiger partial charge in [-0.2, -0.15) is 0 Å². The van der Waals surface area contributed by atoms with Gasteiger partial charge in [0, 0.05) is 11.3 Å². The monoisotopic (exact) mass is 200 g/mol. The Bertz CT molecular complexity index is 403. The predicted octanol–water partition coefficient (Wildman–Crippen LogP) is 3.42. The molecular weight excluding hydrogens is 184 g/mol. The molecule has 2 rings (SSSR count). The summed E-state index contributed by atoms with van der Waals surface area (Å²) in [5.74, 6) is 0. The largest absolute Gasteiger partial charge is 0.348 e. The summed E-state index contributed by atoms with van der Waals surface area (Å²) in [5, 5.41) is 0. The Morgan fingerprint density at radius 2 is 2.00 bits per heavy atom. The number of nitrogens with one attached hydrogen (secondary N) is 1. The van der Waals surface area contributed by atoms with Gasteiger partial charge in [0.05, 0.1) is 12.0 Å². The molecule has 0 amide bonds. The minimum Gasteiger partial charge on any atom is -0.348 e. The van der Waals surface area contributed by atoms with Gasteiger partial charge in [-0.05, 0) is 12.8 Å². The Kier molecular flexibility index (Phi) is 3.18. The van der Waals surface area contributed by atoms with E-state index < -0.39 is 0 Å². The zero-order chi connectivity index (χ0) is 10.5. The molecular formula is C13H16N2. The van der Waals surface area contributed by atoms with Crippen molar-refractivity contribution in [3.8, 4) is 11.3 Å². The molecule has 0 saturated carbocycles. The number of aromatic nitrogens is 2. The molecule has 0 aliphatic heterocycles. The van der Waals surface area contributed by atoms with E-state index in [0.717, 1.165) is 12.1 Å². The third-order valence-electron chi connectivity index (χ3n) is 2.55. The average molecular weight is 200 g/mol. The lowest BCUT2D eigenvalue weighted by atomic mass is 10.1. The second kappa shape index (κ2) is 4.78. The number of H-pyrrole nitrogens is 1. The van der Waals surface area contributed by atoms with E-state index in [0.29, 0.717) is 0 Å². The maximum Gasteiger partial charge on any atom is 0.0929 e. The Hall–Kier alpha value is -1.57. The molecule has 0 aliphatic carbocycles. The van der Waals surface area contributed by atoms with Crippen LogP contribution in [0, 0.1) is 0 Å². The van der Waals surface area contributed by atoms with E-state index in [1.54, 1.807) is 6.33 Å². The van der Waals surface area contributed by atoms with Crippen molar-refractivity contribution in [3.63, 3.8) is 0 Å². The third-order valence-corrected chi connectivity index (χ3v) is 2.55. The molecule has 2 nitrogen and oxygen atoms in total. The molecule has 15 heavy (non-hydrogen) atoms. The van der Waals surface area contributed by atoms with Crippen LogP contribution in [0.3, 0.4) is 0 Å². The first-order valence-corrected chi connectivity index (χ1v) is 5.49. The zero-order valence-electron chi connectivity index (χ0n) is 9.03. The quantitative estimate of drug-likeness (QED) is 0.804. The van der Waals surface area contributed by atoms with E-state index >= 15 is 0 Å². The number of benzene rings is 1. The molecule has 1 aromatic heterocycles. The molecule has 1 N–H and O–H groups in total. The van der Waals surface area contributed by atoms with Crippen molar-refractivity contribution in [1.82, 2.24) is 9.97 Å². The molecule has 0 atom stereocenters. The highest BCUT2D eigenvalue weighted by molar-refractivity contribution is 5.61. The van der Waals surface area contributed by atoms with Crippen molar-refractivity contribution in [2.45, 2.75) is 26.2 Å². The fourth-order valence-corrected chi connectivity index (χ4v) is 1.71. The third kappa shape index (κ3) is 2.27. The van der Waals surface area contributed by atoms with Crippen LogP contribution in [0.15, 0.2) is 36.7 Å². The molecule has 0 bridgehead atoms. The van der Waals surface area contributed by atoms with Crippen LogP contribution in [0.1, 0.15) is 25.5 Å². The van der Waals surface area contributed by atoms with Crippen LogP contribution >= 0.6 is 0 Å². The number of unbranched alkanes of at least 4 members (excludes halogenated alkanes) is 1. The van der Waals surface area contributed by atoms with Gasteiger partial charge in [-0.25, -0.2) is 4.98 Å². The molecule has 2 aromatic rings. The molecule has 0 saturated heterocycles. The van der Waals surface area contributed by atoms with Gasteiger partial charge in [0.2, 0.25) is 0 Å². The van der Waals surface area contributed by atoms with Crippen molar-refractivity contribution in [2.24, 2.45) is 0 Å². The van der Waals surface area contributed by atoms with Gasteiger partial charge >= 0.3 is 0 Å². The summed E-state index contributed by atoms with van der Waals surface area (Å²) in [6.45, 7) is 2.21. The Morgan fingerprint density at radius 1 is 1.20 bits per heavy atom. The van der Waals surface area contributed by atoms with Crippen molar-refractivity contribution >= 4 is 0 Å². The number of aromatic amines is 1. The summed E-state index contributed by atoms with van der Waals surface area (Å²) < 4.78 is 0. The fourth-order valence-electron chi connectivity index (χ4n) is 1.71. The number of aryl methyl sites for hydroxylation is 1. The van der Waals surface area contributed by atoms with Crippen LogP contribution < -0.4 is 0 Å². The lowest BCUT2D eigenvalue weighted by Crippen LogP contribution is -1.89. The smallest absolute Gasteiger partial charge is 0.0929 e. The lowest BCUT2D eigenvalue weighted by molar-refractivity contribution is 0.782. The predicted molar refractivity (Wildman–Crippen MR) is 62.6 cm³/mol. The number of nitrogens with zero attached hydrogens (tertiary/aromatic N) is 1. The van der Waals surface area contributed by atoms with E-state index in [1.165, 1.54) is 24.1 Å². The Morgan fingerprint density at radius 3 is 2.73 bits per heavy atom. The molecule has 0 aliphatic rings. The van der Waals surface area contributed by atoms with Crippen molar-refractivity contribution in [3.05, 3.63) is 42.4 Å². The van der Waals surface area contributed by atoms with E-state index in [-0.39, 0.29) is 0 Å². The van der Waals surface area contributed by atoms with Gasteiger partial charge in [0.1, 0.15) is 0 Å². The van der Waals surface area contributed by atoms with Gasteiger partial charge in [-0.15, -0.1) is 0 Å². The fraction of sp³-hybridized carbons (Fsp3) is 0.308. The summed E-state index contributed by atoms with van der Waals surface area (Å²) in [7, 11) is 0. The van der Waals surface area contributed by atoms with Crippen molar-refractivity contribution < 1.29 is 0 Å². The number of hydrogen-bond acceptors (Lipinski definition) is 1. The van der Waals surface area contributed by atoms with Crippen LogP contribution in [0.5, 0.6) is 0 Å². The zero-order valence-corrected chi connectivity index (χ0v) is 9.03. The molecule has 78 valence electrons. The minimum absolute atomic E-state index is 1.08. The van der Waals surface area contributed by atoms with Crippen LogP contribution in [0.4, 0.5) is 0 Å². The lowest BCUT2D eigenvalue weighted by Gasteiger charge is -2.01. The van der Waals surface area contributed by atoms with Crippen molar-refractivity contribution in [2.75, 3.05) is 0 Å². The maximum atomic E-state index is 4.38. The highest BCUT2D eigenvalue weighted by Crippen LogP contribution is 2.20. The molecule has 0 radical (unpaired) electrons. The standard InChI is InChI=1S/C13H16N2/c1-2-3-9-12-13(15-10-14-12)11-7-5-4-6-8-11/h4-8,10H,2-3,9H2,1H3,(H,14,15). The number of rotatable bonds is 4. The van der Waals surface area contributed by atoms with E-state index in [4.69, 9.17) is 0 Å². The van der Waals surface area contributed by atoms with Crippen LogP contribution in [-0.2, 0) is 6.42 Å². The minimum atomic E-state index is 1.08. The number of imidazole rings is 1. The second-order valence-electron chi connectivity index (χ2n) is 3.70. The highest BCUT2D eigenvalue weighted by atomic mass is 14.9. The van der Waals surface area contributed by atoms with Gasteiger partial charge < -0.3 is 4.98 Å². The molecule has 0 spiro atoms. The maximum absolute atomic E-state index is 4.38. The first kappa shape index (κ1) is 9.97. The van der Waals surface area contributed by atoms with Gasteiger partial charge in [0.15, 0.2) is 0 Å². The van der Waals surface area contributed by atoms with E-state index in [9.17, 15) is 0 Å². The molecule has 1 aromatic carbocycles. The topological polar surface area (TPSA) is 28.7 Å². The Balaban J connectivity index is 2.25. The van der Waals surface area contributed by atoms with Gasteiger partial charge in [-0.3, -0.25) is 0 Å². The summed E-state index contributed by atoms with van der Waals surface area (Å²) in [6, 6.07) is 10.3. The first-order chi connectivity index (χ1) is 7.42. The Labute approximate surface area is 90.4 Å². The van der Waals surface area contributed by atoms with Gasteiger partial charge in [0.25, 0.3) is 0 Å². The highest BCUT2D eigenvalue weighted by Gasteiger charge is 2.06. The summed E-state index contributed by atoms with van der Waals surface area (Å²) >= 11 is 0. The van der Waals surface area contributed by atoms with Gasteiger partial charge in [-0.1, -0.05) is 43.7 Å². The summed E-state index contributed by atoms with van der Waals surface area (Å²) in [5.41, 5.74) is 3.55. The second-order valence-corrected chi connectivity index (χ2v) is 3.70. The van der Waals surface area contributed by atoms with Crippen LogP contribution in [-0.4, -0.2) is 9.97 Å². The SMILES string of the molecule is CCCCc1[nH]cnc1-c1ccccc1. The normalized spacial score (nSPS) is 10.5. The van der Waals surface area contributed by atoms with Crippen LogP contribution in [0.2, 0.25) is 0 Å². The van der Waals surface area contributed by atoms with Crippen LogP contribution in [0.25, 0.3) is 11.3 Å². The number of hydrogen-bond donors (Lipinski definition) is 1. The summed E-state index contributed by atoms with van der Waals surface area (Å²) in [6.07, 6.45) is 5.29. The molecule has 0 fully saturated rings. The molecule has 0 unspecified atom stereocenters. The molecule has 1 heterocycles. The van der Waals surface area contributed by atoms with Crippen molar-refractivity contribution in [1.29, 1.82) is 0 Å². The molecule has 2 heteroatoms. The van der Waals surface area contributed by atoms with E-state index in [1.807, 2.05) is 18.2 Å². The summed E-state index contributed by atoms with van der Waals surface area (Å²) in [4.78, 5) is 7.61. The van der Waals surface area contributed by atoms with E-state index in [2.05, 4.69) is 29.0 Å². The average Bonchev–Trinajstić information content (AvgIpc) is 2.75.